The quantitative estimate of drug-likeness (QED) is 0.301. The van der Waals surface area contributed by atoms with Crippen molar-refractivity contribution in [1.29, 1.82) is 0 Å². The number of aliphatic hydroxyl groups excluding tert-OH is 1. The van der Waals surface area contributed by atoms with Crippen LogP contribution in [0.3, 0.4) is 0 Å². The first-order valence-electron chi connectivity index (χ1n) is 7.65. The maximum atomic E-state index is 12.8. The smallest absolute Gasteiger partial charge is 0.191 e. The molecule has 0 aliphatic rings. The molecule has 0 amide bonds. The highest BCUT2D eigenvalue weighted by Gasteiger charge is 2.08. The predicted molar refractivity (Wildman–Crippen MR) is 104 cm³/mol. The fourth-order valence-corrected chi connectivity index (χ4v) is 1.82. The van der Waals surface area contributed by atoms with Crippen molar-refractivity contribution >= 4 is 29.9 Å². The first-order valence-corrected chi connectivity index (χ1v) is 7.65. The van der Waals surface area contributed by atoms with Crippen molar-refractivity contribution in [3.63, 3.8) is 0 Å². The molecule has 0 fully saturated rings. The zero-order valence-electron chi connectivity index (χ0n) is 14.3. The van der Waals surface area contributed by atoms with Crippen LogP contribution in [0.4, 0.5) is 4.39 Å². The van der Waals surface area contributed by atoms with Crippen LogP contribution in [0, 0.1) is 5.82 Å². The third-order valence-electron chi connectivity index (χ3n) is 2.86. The number of aliphatic imine (C=N–C) groups is 1. The third kappa shape index (κ3) is 9.89. The van der Waals surface area contributed by atoms with Gasteiger partial charge in [-0.3, -0.25) is 4.99 Å². The second-order valence-electron chi connectivity index (χ2n) is 5.14. The Hall–Kier alpha value is -1.13. The van der Waals surface area contributed by atoms with Crippen LogP contribution in [0.25, 0.3) is 0 Å². The lowest BCUT2D eigenvalue weighted by atomic mass is 10.3. The van der Waals surface area contributed by atoms with Crippen LogP contribution in [0.1, 0.15) is 13.8 Å². The summed E-state index contributed by atoms with van der Waals surface area (Å²) in [5.41, 5.74) is 0. The number of ether oxygens (including phenoxy) is 2. The molecule has 0 radical (unpaired) electrons. The van der Waals surface area contributed by atoms with Crippen molar-refractivity contribution in [2.75, 3.05) is 33.4 Å². The second kappa shape index (κ2) is 13.2. The molecule has 0 spiro atoms. The summed E-state index contributed by atoms with van der Waals surface area (Å²) in [4.78, 5) is 4.31. The van der Waals surface area contributed by atoms with E-state index in [1.807, 2.05) is 13.8 Å². The number of hydrogen-bond acceptors (Lipinski definition) is 4. The van der Waals surface area contributed by atoms with Crippen LogP contribution in [-0.2, 0) is 4.74 Å². The maximum Gasteiger partial charge on any atom is 0.191 e. The summed E-state index contributed by atoms with van der Waals surface area (Å²) in [5.74, 6) is 0.792. The van der Waals surface area contributed by atoms with E-state index in [0.29, 0.717) is 24.9 Å². The van der Waals surface area contributed by atoms with Crippen LogP contribution in [0.2, 0.25) is 0 Å². The highest BCUT2D eigenvalue weighted by Crippen LogP contribution is 2.11. The molecule has 1 rings (SSSR count). The number of methoxy groups -OCH3 is 1. The Morgan fingerprint density at radius 2 is 1.96 bits per heavy atom. The van der Waals surface area contributed by atoms with Crippen molar-refractivity contribution in [3.05, 3.63) is 30.1 Å². The van der Waals surface area contributed by atoms with Gasteiger partial charge in [0.25, 0.3) is 0 Å². The Balaban J connectivity index is 0.00000529. The highest BCUT2D eigenvalue weighted by atomic mass is 127. The van der Waals surface area contributed by atoms with Gasteiger partial charge in [-0.05, 0) is 38.1 Å². The first kappa shape index (κ1) is 22.9. The van der Waals surface area contributed by atoms with Crippen LogP contribution in [-0.4, -0.2) is 56.6 Å². The Kier molecular flexibility index (Phi) is 12.6. The summed E-state index contributed by atoms with van der Waals surface area (Å²) in [5, 5.41) is 16.2. The second-order valence-corrected chi connectivity index (χ2v) is 5.14. The largest absolute Gasteiger partial charge is 0.491 e. The molecule has 0 saturated heterocycles. The summed E-state index contributed by atoms with van der Waals surface area (Å²) >= 11 is 0. The van der Waals surface area contributed by atoms with Gasteiger partial charge in [-0.2, -0.15) is 0 Å². The van der Waals surface area contributed by atoms with Crippen LogP contribution < -0.4 is 15.4 Å². The zero-order valence-corrected chi connectivity index (χ0v) is 16.6. The van der Waals surface area contributed by atoms with Crippen molar-refractivity contribution < 1.29 is 19.0 Å². The number of hydrogen-bond donors (Lipinski definition) is 3. The summed E-state index contributed by atoms with van der Waals surface area (Å²) in [6.45, 7) is 5.49. The average Bonchev–Trinajstić information content (AvgIpc) is 2.52. The molecule has 2 atom stereocenters. The summed E-state index contributed by atoms with van der Waals surface area (Å²) in [7, 11) is 1.64. The molecule has 8 heteroatoms. The van der Waals surface area contributed by atoms with E-state index in [4.69, 9.17) is 9.47 Å². The minimum Gasteiger partial charge on any atom is -0.491 e. The number of nitrogens with one attached hydrogen (secondary N) is 2. The number of aliphatic hydroxyl groups is 1. The number of guanidine groups is 1. The number of halogens is 2. The highest BCUT2D eigenvalue weighted by molar-refractivity contribution is 14.0. The van der Waals surface area contributed by atoms with Crippen molar-refractivity contribution in [2.24, 2.45) is 4.99 Å². The van der Waals surface area contributed by atoms with Gasteiger partial charge in [-0.25, -0.2) is 4.39 Å². The zero-order chi connectivity index (χ0) is 17.1. The molecule has 138 valence electrons. The SMILES string of the molecule is CCNC(=NCC(O)COc1ccc(F)cc1)NC(C)COC.I. The lowest BCUT2D eigenvalue weighted by molar-refractivity contribution is 0.114. The van der Waals surface area contributed by atoms with E-state index in [2.05, 4.69) is 15.6 Å². The van der Waals surface area contributed by atoms with Crippen molar-refractivity contribution in [2.45, 2.75) is 26.0 Å². The molecule has 0 saturated carbocycles. The molecule has 24 heavy (non-hydrogen) atoms. The first-order chi connectivity index (χ1) is 11.0. The number of nitrogens with zero attached hydrogens (tertiary/aromatic N) is 1. The molecule has 0 bridgehead atoms. The van der Waals surface area contributed by atoms with Gasteiger partial charge in [0.2, 0.25) is 0 Å². The van der Waals surface area contributed by atoms with Crippen molar-refractivity contribution in [1.82, 2.24) is 10.6 Å². The standard InChI is InChI=1S/C16H26FN3O3.HI/c1-4-18-16(20-12(2)10-22-3)19-9-14(21)11-23-15-7-5-13(17)6-8-15;/h5-8,12,14,21H,4,9-11H2,1-3H3,(H2,18,19,20);1H. The number of rotatable bonds is 9. The molecule has 2 unspecified atom stereocenters. The molecule has 1 aromatic rings. The van der Waals surface area contributed by atoms with Gasteiger partial charge in [0.1, 0.15) is 24.3 Å². The van der Waals surface area contributed by atoms with Gasteiger partial charge in [0, 0.05) is 19.7 Å². The Morgan fingerprint density at radius 1 is 1.29 bits per heavy atom. The predicted octanol–water partition coefficient (Wildman–Crippen LogP) is 1.77. The average molecular weight is 455 g/mol. The lowest BCUT2D eigenvalue weighted by Gasteiger charge is -2.17. The molecular formula is C16H27FIN3O3. The summed E-state index contributed by atoms with van der Waals surface area (Å²) in [6.07, 6.45) is -0.756. The summed E-state index contributed by atoms with van der Waals surface area (Å²) in [6, 6.07) is 5.76. The van der Waals surface area contributed by atoms with Gasteiger partial charge in [-0.1, -0.05) is 0 Å². The fourth-order valence-electron chi connectivity index (χ4n) is 1.82. The van der Waals surface area contributed by atoms with E-state index in [0.717, 1.165) is 0 Å². The normalized spacial score (nSPS) is 13.6. The monoisotopic (exact) mass is 455 g/mol. The van der Waals surface area contributed by atoms with E-state index in [9.17, 15) is 9.50 Å². The van der Waals surface area contributed by atoms with Crippen molar-refractivity contribution in [3.8, 4) is 5.75 Å². The Bertz CT molecular complexity index is 474. The molecular weight excluding hydrogens is 428 g/mol. The van der Waals surface area contributed by atoms with Gasteiger partial charge < -0.3 is 25.2 Å². The topological polar surface area (TPSA) is 75.1 Å². The van der Waals surface area contributed by atoms with Crippen LogP contribution in [0.5, 0.6) is 5.75 Å². The molecule has 0 aliphatic carbocycles. The van der Waals surface area contributed by atoms with E-state index < -0.39 is 6.10 Å². The fraction of sp³-hybridized carbons (Fsp3) is 0.562. The van der Waals surface area contributed by atoms with E-state index in [-0.39, 0.29) is 49.0 Å². The van der Waals surface area contributed by atoms with E-state index in [1.54, 1.807) is 7.11 Å². The number of benzene rings is 1. The van der Waals surface area contributed by atoms with Gasteiger partial charge in [0.05, 0.1) is 13.2 Å². The maximum absolute atomic E-state index is 12.8. The molecule has 0 aliphatic heterocycles. The lowest BCUT2D eigenvalue weighted by Crippen LogP contribution is -2.44. The van der Waals surface area contributed by atoms with E-state index >= 15 is 0 Å². The molecule has 6 nitrogen and oxygen atoms in total. The van der Waals surface area contributed by atoms with Gasteiger partial charge in [-0.15, -0.1) is 24.0 Å². The molecule has 0 aromatic heterocycles. The minimum absolute atomic E-state index is 0. The van der Waals surface area contributed by atoms with Gasteiger partial charge in [0.15, 0.2) is 5.96 Å². The Labute approximate surface area is 159 Å². The van der Waals surface area contributed by atoms with Gasteiger partial charge >= 0.3 is 0 Å². The molecule has 1 aromatic carbocycles. The molecule has 0 heterocycles. The Morgan fingerprint density at radius 3 is 2.54 bits per heavy atom. The third-order valence-corrected chi connectivity index (χ3v) is 2.86. The summed E-state index contributed by atoms with van der Waals surface area (Å²) < 4.78 is 23.2. The van der Waals surface area contributed by atoms with E-state index in [1.165, 1.54) is 24.3 Å². The minimum atomic E-state index is -0.756. The molecule has 3 N–H and O–H groups in total. The van der Waals surface area contributed by atoms with Crippen LogP contribution in [0.15, 0.2) is 29.3 Å². The van der Waals surface area contributed by atoms with Crippen LogP contribution >= 0.6 is 24.0 Å².